The fraction of sp³-hybridized carbons (Fsp3) is 0.364. The molecular formula is C11H14N2OS. The van der Waals surface area contributed by atoms with Crippen LogP contribution < -0.4 is 11.1 Å². The lowest BCUT2D eigenvalue weighted by molar-refractivity contribution is -0.120. The van der Waals surface area contributed by atoms with E-state index in [9.17, 15) is 4.79 Å². The molecule has 0 saturated carbocycles. The number of nitrogens with two attached hydrogens (primary N) is 1. The van der Waals surface area contributed by atoms with Crippen molar-refractivity contribution in [3.05, 3.63) is 29.8 Å². The average Bonchev–Trinajstić information content (AvgIpc) is 2.29. The van der Waals surface area contributed by atoms with Gasteiger partial charge in [-0.15, -0.1) is 11.8 Å². The van der Waals surface area contributed by atoms with Crippen LogP contribution in [0.1, 0.15) is 18.0 Å². The number of benzene rings is 1. The molecule has 1 aliphatic heterocycles. The standard InChI is InChI=1S/C11H14N2OS/c12-7-11(14)13-9-5-6-15-10-4-2-1-3-8(9)10/h1-4,9H,5-7,12H2,(H,13,14). The minimum atomic E-state index is -0.0818. The highest BCUT2D eigenvalue weighted by Crippen LogP contribution is 2.35. The van der Waals surface area contributed by atoms with Gasteiger partial charge in [0.15, 0.2) is 0 Å². The van der Waals surface area contributed by atoms with Crippen LogP contribution in [0.25, 0.3) is 0 Å². The minimum Gasteiger partial charge on any atom is -0.348 e. The summed E-state index contributed by atoms with van der Waals surface area (Å²) in [5.74, 6) is 0.966. The Hall–Kier alpha value is -1.00. The second-order valence-corrected chi connectivity index (χ2v) is 4.64. The number of hydrogen-bond acceptors (Lipinski definition) is 3. The second-order valence-electron chi connectivity index (χ2n) is 3.50. The number of amides is 1. The van der Waals surface area contributed by atoms with Crippen LogP contribution in [0, 0.1) is 0 Å². The van der Waals surface area contributed by atoms with Crippen molar-refractivity contribution in [1.82, 2.24) is 5.32 Å². The first-order valence-electron chi connectivity index (χ1n) is 5.02. The lowest BCUT2D eigenvalue weighted by Crippen LogP contribution is -2.35. The van der Waals surface area contributed by atoms with Crippen molar-refractivity contribution >= 4 is 17.7 Å². The molecule has 15 heavy (non-hydrogen) atoms. The Morgan fingerprint density at radius 3 is 3.13 bits per heavy atom. The minimum absolute atomic E-state index is 0.0613. The molecule has 0 aliphatic carbocycles. The summed E-state index contributed by atoms with van der Waals surface area (Å²) in [5.41, 5.74) is 6.51. The van der Waals surface area contributed by atoms with E-state index in [0.717, 1.165) is 12.2 Å². The molecule has 0 bridgehead atoms. The first-order valence-corrected chi connectivity index (χ1v) is 6.01. The molecule has 3 nitrogen and oxygen atoms in total. The number of carbonyl (C=O) groups excluding carboxylic acids is 1. The Labute approximate surface area is 93.4 Å². The molecule has 0 saturated heterocycles. The van der Waals surface area contributed by atoms with Crippen molar-refractivity contribution in [2.45, 2.75) is 17.4 Å². The summed E-state index contributed by atoms with van der Waals surface area (Å²) < 4.78 is 0. The first kappa shape index (κ1) is 10.5. The Bertz CT molecular complexity index is 367. The number of carbonyl (C=O) groups is 1. The van der Waals surface area contributed by atoms with Crippen LogP contribution in [-0.2, 0) is 4.79 Å². The Morgan fingerprint density at radius 1 is 1.53 bits per heavy atom. The van der Waals surface area contributed by atoms with Crippen molar-refractivity contribution in [2.75, 3.05) is 12.3 Å². The summed E-state index contributed by atoms with van der Waals surface area (Å²) in [7, 11) is 0. The summed E-state index contributed by atoms with van der Waals surface area (Å²) in [5, 5.41) is 2.95. The molecule has 1 heterocycles. The average molecular weight is 222 g/mol. The normalized spacial score (nSPS) is 19.4. The summed E-state index contributed by atoms with van der Waals surface area (Å²) >= 11 is 1.84. The van der Waals surface area contributed by atoms with Gasteiger partial charge in [0.1, 0.15) is 0 Å². The molecule has 0 aromatic heterocycles. The number of thioether (sulfide) groups is 1. The predicted octanol–water partition coefficient (Wildman–Crippen LogP) is 1.30. The van der Waals surface area contributed by atoms with Crippen molar-refractivity contribution in [1.29, 1.82) is 0 Å². The zero-order chi connectivity index (χ0) is 10.7. The third-order valence-electron chi connectivity index (χ3n) is 2.48. The van der Waals surface area contributed by atoms with Gasteiger partial charge < -0.3 is 11.1 Å². The van der Waals surface area contributed by atoms with Gasteiger partial charge in [0.2, 0.25) is 5.91 Å². The predicted molar refractivity (Wildman–Crippen MR) is 61.7 cm³/mol. The van der Waals surface area contributed by atoms with Gasteiger partial charge in [-0.25, -0.2) is 0 Å². The highest BCUT2D eigenvalue weighted by Gasteiger charge is 2.20. The Kier molecular flexibility index (Phi) is 3.28. The van der Waals surface area contributed by atoms with Crippen molar-refractivity contribution in [3.63, 3.8) is 0 Å². The first-order chi connectivity index (χ1) is 7.31. The number of hydrogen-bond donors (Lipinski definition) is 2. The quantitative estimate of drug-likeness (QED) is 0.793. The van der Waals surface area contributed by atoms with Gasteiger partial charge in [-0.2, -0.15) is 0 Å². The molecule has 1 aromatic rings. The van der Waals surface area contributed by atoms with Crippen LogP contribution in [0.5, 0.6) is 0 Å². The molecule has 3 N–H and O–H groups in total. The Morgan fingerprint density at radius 2 is 2.33 bits per heavy atom. The molecule has 2 rings (SSSR count). The molecule has 0 fully saturated rings. The van der Waals surface area contributed by atoms with E-state index < -0.39 is 0 Å². The highest BCUT2D eigenvalue weighted by molar-refractivity contribution is 7.99. The third-order valence-corrected chi connectivity index (χ3v) is 3.60. The third kappa shape index (κ3) is 2.33. The molecule has 1 unspecified atom stereocenters. The van der Waals surface area contributed by atoms with Gasteiger partial charge in [-0.05, 0) is 18.1 Å². The second kappa shape index (κ2) is 4.68. The van der Waals surface area contributed by atoms with Crippen LogP contribution in [-0.4, -0.2) is 18.2 Å². The number of fused-ring (bicyclic) bond motifs is 1. The zero-order valence-corrected chi connectivity index (χ0v) is 9.22. The van der Waals surface area contributed by atoms with E-state index in [1.54, 1.807) is 0 Å². The summed E-state index contributed by atoms with van der Waals surface area (Å²) in [4.78, 5) is 12.5. The van der Waals surface area contributed by atoms with Crippen molar-refractivity contribution in [3.8, 4) is 0 Å². The van der Waals surface area contributed by atoms with E-state index in [1.807, 2.05) is 23.9 Å². The Balaban J connectivity index is 2.18. The van der Waals surface area contributed by atoms with Gasteiger partial charge in [0.05, 0.1) is 12.6 Å². The van der Waals surface area contributed by atoms with Crippen LogP contribution >= 0.6 is 11.8 Å². The fourth-order valence-corrected chi connectivity index (χ4v) is 2.87. The summed E-state index contributed by atoms with van der Waals surface area (Å²) in [6.07, 6.45) is 0.980. The van der Waals surface area contributed by atoms with E-state index in [-0.39, 0.29) is 18.5 Å². The van der Waals surface area contributed by atoms with Gasteiger partial charge in [-0.1, -0.05) is 18.2 Å². The smallest absolute Gasteiger partial charge is 0.234 e. The van der Waals surface area contributed by atoms with Crippen LogP contribution in [0.4, 0.5) is 0 Å². The molecule has 1 aromatic carbocycles. The van der Waals surface area contributed by atoms with Crippen LogP contribution in [0.15, 0.2) is 29.2 Å². The van der Waals surface area contributed by atoms with Crippen LogP contribution in [0.2, 0.25) is 0 Å². The van der Waals surface area contributed by atoms with Gasteiger partial charge >= 0.3 is 0 Å². The molecule has 1 aliphatic rings. The van der Waals surface area contributed by atoms with Crippen molar-refractivity contribution < 1.29 is 4.79 Å². The maximum atomic E-state index is 11.2. The topological polar surface area (TPSA) is 55.1 Å². The van der Waals surface area contributed by atoms with Crippen molar-refractivity contribution in [2.24, 2.45) is 5.73 Å². The molecule has 1 atom stereocenters. The fourth-order valence-electron chi connectivity index (χ4n) is 1.75. The molecule has 1 amide bonds. The lowest BCUT2D eigenvalue weighted by atomic mass is 10.0. The van der Waals surface area contributed by atoms with Gasteiger partial charge in [-0.3, -0.25) is 4.79 Å². The zero-order valence-electron chi connectivity index (χ0n) is 8.40. The molecule has 0 radical (unpaired) electrons. The maximum absolute atomic E-state index is 11.2. The van der Waals surface area contributed by atoms with E-state index >= 15 is 0 Å². The van der Waals surface area contributed by atoms with Crippen LogP contribution in [0.3, 0.4) is 0 Å². The molecular weight excluding hydrogens is 208 g/mol. The molecule has 80 valence electrons. The van der Waals surface area contributed by atoms with E-state index in [0.29, 0.717) is 0 Å². The lowest BCUT2D eigenvalue weighted by Gasteiger charge is -2.25. The number of nitrogens with one attached hydrogen (secondary N) is 1. The summed E-state index contributed by atoms with van der Waals surface area (Å²) in [6, 6.07) is 8.34. The largest absolute Gasteiger partial charge is 0.348 e. The van der Waals surface area contributed by atoms with E-state index in [1.165, 1.54) is 10.5 Å². The summed E-state index contributed by atoms with van der Waals surface area (Å²) in [6.45, 7) is 0.0613. The van der Waals surface area contributed by atoms with E-state index in [4.69, 9.17) is 5.73 Å². The highest BCUT2D eigenvalue weighted by atomic mass is 32.2. The van der Waals surface area contributed by atoms with E-state index in [2.05, 4.69) is 17.4 Å². The molecule has 0 spiro atoms. The van der Waals surface area contributed by atoms with Gasteiger partial charge in [0.25, 0.3) is 0 Å². The monoisotopic (exact) mass is 222 g/mol. The molecule has 4 heteroatoms. The maximum Gasteiger partial charge on any atom is 0.234 e. The van der Waals surface area contributed by atoms with Gasteiger partial charge in [0, 0.05) is 10.6 Å². The number of rotatable bonds is 2. The SMILES string of the molecule is NCC(=O)NC1CCSc2ccccc21.